The Kier molecular flexibility index (Phi) is 4.14. The van der Waals surface area contributed by atoms with Crippen LogP contribution in [0.25, 0.3) is 0 Å². The van der Waals surface area contributed by atoms with Crippen molar-refractivity contribution >= 4 is 5.91 Å². The third-order valence-electron chi connectivity index (χ3n) is 3.36. The third kappa shape index (κ3) is 3.49. The van der Waals surface area contributed by atoms with E-state index in [1.54, 1.807) is 0 Å². The monoisotopic (exact) mass is 212 g/mol. The van der Waals surface area contributed by atoms with Gasteiger partial charge >= 0.3 is 0 Å². The van der Waals surface area contributed by atoms with E-state index in [2.05, 4.69) is 19.2 Å². The second-order valence-corrected chi connectivity index (χ2v) is 5.45. The molecule has 0 aromatic heterocycles. The summed E-state index contributed by atoms with van der Waals surface area (Å²) in [7, 11) is 1.89. The fourth-order valence-electron chi connectivity index (χ4n) is 2.04. The van der Waals surface area contributed by atoms with E-state index in [4.69, 9.17) is 0 Å². The number of nitrogens with one attached hydrogen (secondary N) is 1. The van der Waals surface area contributed by atoms with Crippen LogP contribution in [0.4, 0.5) is 0 Å². The fourth-order valence-corrected chi connectivity index (χ4v) is 2.04. The minimum atomic E-state index is 0.108. The molecular weight excluding hydrogens is 188 g/mol. The Hall–Kier alpha value is -0.570. The second kappa shape index (κ2) is 4.97. The number of hydrogen-bond donors (Lipinski definition) is 1. The van der Waals surface area contributed by atoms with E-state index in [0.717, 1.165) is 32.5 Å². The number of rotatable bonds is 3. The van der Waals surface area contributed by atoms with Gasteiger partial charge in [-0.3, -0.25) is 4.79 Å². The lowest BCUT2D eigenvalue weighted by atomic mass is 9.82. The molecule has 0 aromatic rings. The Morgan fingerprint density at radius 3 is 2.40 bits per heavy atom. The van der Waals surface area contributed by atoms with Gasteiger partial charge in [0.25, 0.3) is 0 Å². The highest BCUT2D eigenvalue weighted by molar-refractivity contribution is 5.78. The van der Waals surface area contributed by atoms with Crippen molar-refractivity contribution in [1.82, 2.24) is 10.2 Å². The molecule has 1 rings (SSSR count). The molecule has 0 radical (unpaired) electrons. The summed E-state index contributed by atoms with van der Waals surface area (Å²) in [4.78, 5) is 14.0. The van der Waals surface area contributed by atoms with Crippen LogP contribution in [-0.2, 0) is 4.79 Å². The minimum Gasteiger partial charge on any atom is -0.342 e. The second-order valence-electron chi connectivity index (χ2n) is 5.45. The van der Waals surface area contributed by atoms with E-state index in [1.807, 2.05) is 18.9 Å². The van der Waals surface area contributed by atoms with Crippen LogP contribution in [0.15, 0.2) is 0 Å². The van der Waals surface area contributed by atoms with Gasteiger partial charge < -0.3 is 10.2 Å². The van der Waals surface area contributed by atoms with Gasteiger partial charge in [-0.15, -0.1) is 0 Å². The molecule has 1 N–H and O–H groups in total. The fraction of sp³-hybridized carbons (Fsp3) is 0.917. The first-order valence-electron chi connectivity index (χ1n) is 5.90. The molecule has 1 fully saturated rings. The lowest BCUT2D eigenvalue weighted by Crippen LogP contribution is -2.44. The van der Waals surface area contributed by atoms with E-state index < -0.39 is 0 Å². The van der Waals surface area contributed by atoms with Gasteiger partial charge in [0, 0.05) is 25.6 Å². The molecule has 1 amide bonds. The first kappa shape index (κ1) is 12.5. The predicted octanol–water partition coefficient (Wildman–Crippen LogP) is 1.49. The van der Waals surface area contributed by atoms with Gasteiger partial charge in [0.05, 0.1) is 0 Å². The van der Waals surface area contributed by atoms with Crippen molar-refractivity contribution in [3.05, 3.63) is 0 Å². The van der Waals surface area contributed by atoms with Crippen LogP contribution in [0.5, 0.6) is 0 Å². The summed E-state index contributed by atoms with van der Waals surface area (Å²) < 4.78 is 0. The smallest absolute Gasteiger partial charge is 0.226 e. The quantitative estimate of drug-likeness (QED) is 0.768. The summed E-state index contributed by atoms with van der Waals surface area (Å²) in [5, 5.41) is 3.06. The van der Waals surface area contributed by atoms with Crippen molar-refractivity contribution in [2.24, 2.45) is 11.3 Å². The van der Waals surface area contributed by atoms with Crippen LogP contribution in [-0.4, -0.2) is 37.5 Å². The summed E-state index contributed by atoms with van der Waals surface area (Å²) in [5.74, 6) is 0.413. The van der Waals surface area contributed by atoms with Crippen LogP contribution in [0.1, 0.15) is 33.6 Å². The standard InChI is InChI=1S/C12H24N2O/c1-10(9-13-4)11(15)14-7-5-12(2,3)6-8-14/h10,13H,5-9H2,1-4H3. The molecule has 0 spiro atoms. The Morgan fingerprint density at radius 1 is 1.40 bits per heavy atom. The van der Waals surface area contributed by atoms with Crippen molar-refractivity contribution in [2.75, 3.05) is 26.7 Å². The van der Waals surface area contributed by atoms with Crippen molar-refractivity contribution in [3.8, 4) is 0 Å². The van der Waals surface area contributed by atoms with E-state index in [9.17, 15) is 4.79 Å². The molecule has 15 heavy (non-hydrogen) atoms. The van der Waals surface area contributed by atoms with Crippen LogP contribution in [0.2, 0.25) is 0 Å². The molecule has 3 heteroatoms. The third-order valence-corrected chi connectivity index (χ3v) is 3.36. The zero-order valence-corrected chi connectivity index (χ0v) is 10.5. The minimum absolute atomic E-state index is 0.108. The molecule has 1 heterocycles. The maximum Gasteiger partial charge on any atom is 0.226 e. The van der Waals surface area contributed by atoms with E-state index >= 15 is 0 Å². The molecule has 88 valence electrons. The number of nitrogens with zero attached hydrogens (tertiary/aromatic N) is 1. The Labute approximate surface area is 93.2 Å². The molecule has 0 bridgehead atoms. The first-order valence-corrected chi connectivity index (χ1v) is 5.90. The zero-order chi connectivity index (χ0) is 11.5. The highest BCUT2D eigenvalue weighted by Crippen LogP contribution is 2.30. The number of likely N-dealkylation sites (tertiary alicyclic amines) is 1. The summed E-state index contributed by atoms with van der Waals surface area (Å²) in [6, 6.07) is 0. The van der Waals surface area contributed by atoms with Crippen LogP contribution in [0, 0.1) is 11.3 Å². The molecule has 0 saturated carbocycles. The maximum absolute atomic E-state index is 12.0. The van der Waals surface area contributed by atoms with E-state index in [-0.39, 0.29) is 5.92 Å². The number of piperidine rings is 1. The number of carbonyl (C=O) groups is 1. The summed E-state index contributed by atoms with van der Waals surface area (Å²) in [6.07, 6.45) is 2.26. The molecular formula is C12H24N2O. The molecule has 3 nitrogen and oxygen atoms in total. The Balaban J connectivity index is 2.42. The molecule has 1 aliphatic heterocycles. The molecule has 0 aromatic carbocycles. The van der Waals surface area contributed by atoms with Crippen molar-refractivity contribution in [3.63, 3.8) is 0 Å². The highest BCUT2D eigenvalue weighted by atomic mass is 16.2. The van der Waals surface area contributed by atoms with Crippen molar-refractivity contribution < 1.29 is 4.79 Å². The highest BCUT2D eigenvalue weighted by Gasteiger charge is 2.29. The number of carbonyl (C=O) groups excluding carboxylic acids is 1. The largest absolute Gasteiger partial charge is 0.342 e. The van der Waals surface area contributed by atoms with Gasteiger partial charge in [0.15, 0.2) is 0 Å². The van der Waals surface area contributed by atoms with E-state index in [1.165, 1.54) is 0 Å². The lowest BCUT2D eigenvalue weighted by molar-refractivity contribution is -0.136. The van der Waals surface area contributed by atoms with Gasteiger partial charge in [-0.2, -0.15) is 0 Å². The molecule has 1 saturated heterocycles. The zero-order valence-electron chi connectivity index (χ0n) is 10.5. The SMILES string of the molecule is CNCC(C)C(=O)N1CCC(C)(C)CC1. The summed E-state index contributed by atoms with van der Waals surface area (Å²) in [6.45, 7) is 9.20. The number of amides is 1. The van der Waals surface area contributed by atoms with Gasteiger partial charge in [-0.1, -0.05) is 20.8 Å². The summed E-state index contributed by atoms with van der Waals surface area (Å²) in [5.41, 5.74) is 0.420. The van der Waals surface area contributed by atoms with Crippen molar-refractivity contribution in [1.29, 1.82) is 0 Å². The molecule has 1 atom stereocenters. The Morgan fingerprint density at radius 2 is 1.93 bits per heavy atom. The van der Waals surface area contributed by atoms with E-state index in [0.29, 0.717) is 11.3 Å². The average Bonchev–Trinajstić information content (AvgIpc) is 2.17. The van der Waals surface area contributed by atoms with Gasteiger partial charge in [0.2, 0.25) is 5.91 Å². The topological polar surface area (TPSA) is 32.3 Å². The molecule has 1 aliphatic rings. The average molecular weight is 212 g/mol. The molecule has 0 aliphatic carbocycles. The van der Waals surface area contributed by atoms with Crippen molar-refractivity contribution in [2.45, 2.75) is 33.6 Å². The van der Waals surface area contributed by atoms with Gasteiger partial charge in [-0.25, -0.2) is 0 Å². The number of hydrogen-bond acceptors (Lipinski definition) is 2. The van der Waals surface area contributed by atoms with Gasteiger partial charge in [0.1, 0.15) is 0 Å². The van der Waals surface area contributed by atoms with Crippen LogP contribution >= 0.6 is 0 Å². The van der Waals surface area contributed by atoms with Crippen LogP contribution in [0.3, 0.4) is 0 Å². The Bertz CT molecular complexity index is 216. The van der Waals surface area contributed by atoms with Crippen LogP contribution < -0.4 is 5.32 Å². The lowest BCUT2D eigenvalue weighted by Gasteiger charge is -2.38. The predicted molar refractivity (Wildman–Crippen MR) is 62.7 cm³/mol. The van der Waals surface area contributed by atoms with Gasteiger partial charge in [-0.05, 0) is 25.3 Å². The summed E-state index contributed by atoms with van der Waals surface area (Å²) >= 11 is 0. The normalized spacial score (nSPS) is 22.5. The maximum atomic E-state index is 12.0. The molecule has 1 unspecified atom stereocenters. The first-order chi connectivity index (χ1) is 6.96.